The maximum absolute atomic E-state index is 13.1. The Balaban J connectivity index is 2.06. The van der Waals surface area contributed by atoms with Crippen molar-refractivity contribution in [3.05, 3.63) is 102 Å². The van der Waals surface area contributed by atoms with E-state index in [1.807, 2.05) is 36.4 Å². The van der Waals surface area contributed by atoms with Crippen LogP contribution < -0.4 is 4.90 Å². The molecule has 1 amide bonds. The molecule has 0 bridgehead atoms. The lowest BCUT2D eigenvalue weighted by Crippen LogP contribution is -2.31. The zero-order valence-electron chi connectivity index (χ0n) is 13.5. The van der Waals surface area contributed by atoms with E-state index in [9.17, 15) is 14.7 Å². The summed E-state index contributed by atoms with van der Waals surface area (Å²) in [6.45, 7) is 0.291. The van der Waals surface area contributed by atoms with E-state index in [2.05, 4.69) is 0 Å². The number of carbonyl (C=O) groups excluding carboxylic acids is 1. The number of anilines is 1. The molecule has 3 rings (SSSR count). The van der Waals surface area contributed by atoms with Crippen molar-refractivity contribution >= 4 is 17.6 Å². The number of para-hydroxylation sites is 1. The van der Waals surface area contributed by atoms with E-state index in [1.165, 1.54) is 11.0 Å². The number of carboxylic acids is 1. The van der Waals surface area contributed by atoms with Crippen LogP contribution in [0.25, 0.3) is 0 Å². The van der Waals surface area contributed by atoms with E-state index in [1.54, 1.807) is 42.5 Å². The molecule has 0 aliphatic rings. The van der Waals surface area contributed by atoms with Crippen LogP contribution in [-0.2, 0) is 6.54 Å². The zero-order chi connectivity index (χ0) is 17.6. The van der Waals surface area contributed by atoms with Crippen LogP contribution in [0.15, 0.2) is 84.9 Å². The molecule has 4 heteroatoms. The molecule has 0 aliphatic carbocycles. The molecule has 4 nitrogen and oxygen atoms in total. The maximum atomic E-state index is 13.1. The lowest BCUT2D eigenvalue weighted by molar-refractivity contribution is 0.0697. The fourth-order valence-electron chi connectivity index (χ4n) is 2.66. The largest absolute Gasteiger partial charge is 0.478 e. The highest BCUT2D eigenvalue weighted by Gasteiger charge is 2.22. The van der Waals surface area contributed by atoms with Gasteiger partial charge in [-0.25, -0.2) is 4.79 Å². The summed E-state index contributed by atoms with van der Waals surface area (Å²) in [7, 11) is 0. The first-order valence-corrected chi connectivity index (χ1v) is 7.90. The highest BCUT2D eigenvalue weighted by Crippen LogP contribution is 2.24. The van der Waals surface area contributed by atoms with Crippen molar-refractivity contribution in [1.29, 1.82) is 0 Å². The average molecular weight is 331 g/mol. The monoisotopic (exact) mass is 331 g/mol. The molecule has 0 aliphatic heterocycles. The third-order valence-corrected chi connectivity index (χ3v) is 3.87. The fourth-order valence-corrected chi connectivity index (χ4v) is 2.66. The van der Waals surface area contributed by atoms with Crippen LogP contribution in [0, 0.1) is 0 Å². The summed E-state index contributed by atoms with van der Waals surface area (Å²) in [6.07, 6.45) is 0. The number of aromatic carboxylic acids is 1. The number of amides is 1. The van der Waals surface area contributed by atoms with E-state index in [0.29, 0.717) is 17.8 Å². The van der Waals surface area contributed by atoms with Gasteiger partial charge in [0.2, 0.25) is 0 Å². The first kappa shape index (κ1) is 16.5. The van der Waals surface area contributed by atoms with Crippen molar-refractivity contribution in [1.82, 2.24) is 0 Å². The van der Waals surface area contributed by atoms with E-state index >= 15 is 0 Å². The van der Waals surface area contributed by atoms with Crippen LogP contribution in [0.5, 0.6) is 0 Å². The molecule has 0 radical (unpaired) electrons. The summed E-state index contributed by atoms with van der Waals surface area (Å²) < 4.78 is 0. The van der Waals surface area contributed by atoms with E-state index in [-0.39, 0.29) is 11.5 Å². The summed E-state index contributed by atoms with van der Waals surface area (Å²) in [6, 6.07) is 24.9. The Morgan fingerprint density at radius 1 is 0.760 bits per heavy atom. The lowest BCUT2D eigenvalue weighted by atomic mass is 10.1. The van der Waals surface area contributed by atoms with Crippen molar-refractivity contribution < 1.29 is 14.7 Å². The van der Waals surface area contributed by atoms with Gasteiger partial charge in [-0.05, 0) is 29.8 Å². The molecule has 0 aromatic heterocycles. The number of hydrogen-bond acceptors (Lipinski definition) is 2. The lowest BCUT2D eigenvalue weighted by Gasteiger charge is -2.24. The fraction of sp³-hybridized carbons (Fsp3) is 0.0476. The first-order valence-electron chi connectivity index (χ1n) is 7.90. The van der Waals surface area contributed by atoms with E-state index in [0.717, 1.165) is 5.56 Å². The zero-order valence-corrected chi connectivity index (χ0v) is 13.5. The molecule has 0 unspecified atom stereocenters. The van der Waals surface area contributed by atoms with Crippen LogP contribution >= 0.6 is 0 Å². The highest BCUT2D eigenvalue weighted by molar-refractivity contribution is 6.09. The number of carbonyl (C=O) groups is 2. The van der Waals surface area contributed by atoms with Gasteiger partial charge in [0, 0.05) is 5.56 Å². The van der Waals surface area contributed by atoms with Crippen LogP contribution in [0.2, 0.25) is 0 Å². The molecule has 0 fully saturated rings. The van der Waals surface area contributed by atoms with Gasteiger partial charge in [-0.15, -0.1) is 0 Å². The molecular formula is C21H17NO3. The summed E-state index contributed by atoms with van der Waals surface area (Å²) in [5.74, 6) is -1.30. The smallest absolute Gasteiger partial charge is 0.337 e. The first-order chi connectivity index (χ1) is 12.2. The van der Waals surface area contributed by atoms with Gasteiger partial charge in [0.15, 0.2) is 0 Å². The Bertz CT molecular complexity index is 876. The molecule has 25 heavy (non-hydrogen) atoms. The highest BCUT2D eigenvalue weighted by atomic mass is 16.4. The molecule has 3 aromatic carbocycles. The van der Waals surface area contributed by atoms with Crippen LogP contribution in [0.4, 0.5) is 5.69 Å². The van der Waals surface area contributed by atoms with Crippen LogP contribution in [0.1, 0.15) is 26.3 Å². The second-order valence-corrected chi connectivity index (χ2v) is 5.57. The number of rotatable bonds is 5. The van der Waals surface area contributed by atoms with Crippen molar-refractivity contribution in [2.24, 2.45) is 0 Å². The van der Waals surface area contributed by atoms with Gasteiger partial charge in [0.05, 0.1) is 17.8 Å². The topological polar surface area (TPSA) is 57.6 Å². The standard InChI is InChI=1S/C21H17NO3/c23-20(17-11-5-2-6-12-17)22(15-16-9-3-1-4-10-16)19-14-8-7-13-18(19)21(24)25/h1-14H,15H2,(H,24,25). The molecular weight excluding hydrogens is 314 g/mol. The summed E-state index contributed by atoms with van der Waals surface area (Å²) in [4.78, 5) is 26.2. The third kappa shape index (κ3) is 3.75. The van der Waals surface area contributed by atoms with Crippen molar-refractivity contribution in [2.45, 2.75) is 6.54 Å². The summed E-state index contributed by atoms with van der Waals surface area (Å²) in [5.41, 5.74) is 1.92. The SMILES string of the molecule is O=C(O)c1ccccc1N(Cc1ccccc1)C(=O)c1ccccc1. The molecule has 1 N–H and O–H groups in total. The number of nitrogens with zero attached hydrogens (tertiary/aromatic N) is 1. The normalized spacial score (nSPS) is 10.2. The van der Waals surface area contributed by atoms with Crippen molar-refractivity contribution in [3.8, 4) is 0 Å². The minimum atomic E-state index is -1.06. The maximum Gasteiger partial charge on any atom is 0.337 e. The second-order valence-electron chi connectivity index (χ2n) is 5.57. The van der Waals surface area contributed by atoms with E-state index < -0.39 is 5.97 Å². The Labute approximate surface area is 146 Å². The van der Waals surface area contributed by atoms with Gasteiger partial charge in [-0.2, -0.15) is 0 Å². The Morgan fingerprint density at radius 2 is 1.32 bits per heavy atom. The molecule has 0 atom stereocenters. The van der Waals surface area contributed by atoms with Gasteiger partial charge in [0.1, 0.15) is 0 Å². The Kier molecular flexibility index (Phi) is 4.90. The average Bonchev–Trinajstić information content (AvgIpc) is 2.67. The molecule has 0 spiro atoms. The summed E-state index contributed by atoms with van der Waals surface area (Å²) in [5, 5.41) is 9.50. The molecule has 0 saturated heterocycles. The van der Waals surface area contributed by atoms with Crippen LogP contribution in [-0.4, -0.2) is 17.0 Å². The third-order valence-electron chi connectivity index (χ3n) is 3.87. The Hall–Kier alpha value is -3.40. The van der Waals surface area contributed by atoms with Gasteiger partial charge in [0.25, 0.3) is 5.91 Å². The van der Waals surface area contributed by atoms with Gasteiger partial charge >= 0.3 is 5.97 Å². The molecule has 0 saturated carbocycles. The predicted octanol–water partition coefficient (Wildman–Crippen LogP) is 4.23. The molecule has 0 heterocycles. The van der Waals surface area contributed by atoms with Crippen molar-refractivity contribution in [3.63, 3.8) is 0 Å². The van der Waals surface area contributed by atoms with Gasteiger partial charge in [-0.3, -0.25) is 4.79 Å². The Morgan fingerprint density at radius 3 is 1.96 bits per heavy atom. The second kappa shape index (κ2) is 7.45. The minimum absolute atomic E-state index is 0.0997. The minimum Gasteiger partial charge on any atom is -0.478 e. The quantitative estimate of drug-likeness (QED) is 0.761. The number of hydrogen-bond donors (Lipinski definition) is 1. The van der Waals surface area contributed by atoms with Crippen molar-refractivity contribution in [2.75, 3.05) is 4.90 Å². The van der Waals surface area contributed by atoms with E-state index in [4.69, 9.17) is 0 Å². The van der Waals surface area contributed by atoms with Crippen LogP contribution in [0.3, 0.4) is 0 Å². The summed E-state index contributed by atoms with van der Waals surface area (Å²) >= 11 is 0. The number of benzene rings is 3. The molecule has 3 aromatic rings. The number of carboxylic acid groups (broad SMARTS) is 1. The predicted molar refractivity (Wildman–Crippen MR) is 96.8 cm³/mol. The molecule has 124 valence electrons. The van der Waals surface area contributed by atoms with Gasteiger partial charge < -0.3 is 10.0 Å². The van der Waals surface area contributed by atoms with Gasteiger partial charge in [-0.1, -0.05) is 60.7 Å².